The van der Waals surface area contributed by atoms with Crippen molar-refractivity contribution in [3.05, 3.63) is 71.9 Å². The van der Waals surface area contributed by atoms with Crippen molar-refractivity contribution >= 4 is 21.2 Å². The van der Waals surface area contributed by atoms with Crippen molar-refractivity contribution in [1.29, 1.82) is 0 Å². The molecule has 4 aromatic rings. The first-order chi connectivity index (χ1) is 14.9. The van der Waals surface area contributed by atoms with Crippen LogP contribution in [-0.4, -0.2) is 46.8 Å². The van der Waals surface area contributed by atoms with Crippen LogP contribution in [-0.2, 0) is 29.4 Å². The van der Waals surface area contributed by atoms with Crippen molar-refractivity contribution < 1.29 is 8.42 Å². The number of hydrogen-bond donors (Lipinski definition) is 2. The molecule has 4 rings (SSSR count). The van der Waals surface area contributed by atoms with Crippen LogP contribution in [0.5, 0.6) is 0 Å². The molecule has 9 heteroatoms. The molecule has 0 radical (unpaired) electrons. The summed E-state index contributed by atoms with van der Waals surface area (Å²) in [4.78, 5) is 17.2. The number of hydrogen-bond acceptors (Lipinski definition) is 6. The Kier molecular flexibility index (Phi) is 5.81. The number of imidazole rings is 1. The molecule has 0 atom stereocenters. The predicted molar refractivity (Wildman–Crippen MR) is 120 cm³/mol. The number of fused-ring (bicyclic) bond motifs is 1. The van der Waals surface area contributed by atoms with Crippen molar-refractivity contribution in [2.75, 3.05) is 14.1 Å². The van der Waals surface area contributed by atoms with Gasteiger partial charge in [-0.05, 0) is 42.3 Å². The number of nitrogens with two attached hydrogens (primary N) is 1. The number of H-pyrrole nitrogens is 1. The average molecular weight is 437 g/mol. The smallest absolute Gasteiger partial charge is 0.242 e. The highest BCUT2D eigenvalue weighted by molar-refractivity contribution is 7.89. The topological polar surface area (TPSA) is 118 Å². The molecule has 1 aromatic carbocycles. The molecule has 0 fully saturated rings. The van der Waals surface area contributed by atoms with Gasteiger partial charge in [-0.25, -0.2) is 22.7 Å². The SMILES string of the molecule is CN(C)S(=O)(=O)c1ccc(-c2cnc3[nH]c(CCc4cccc(CN)n4)nc3c2)cc1. The fourth-order valence-corrected chi connectivity index (χ4v) is 4.18. The van der Waals surface area contributed by atoms with Crippen molar-refractivity contribution in [3.63, 3.8) is 0 Å². The van der Waals surface area contributed by atoms with E-state index in [4.69, 9.17) is 5.73 Å². The van der Waals surface area contributed by atoms with Gasteiger partial charge in [0.1, 0.15) is 11.3 Å². The number of aromatic nitrogens is 4. The lowest BCUT2D eigenvalue weighted by Gasteiger charge is -2.11. The second-order valence-corrected chi connectivity index (χ2v) is 9.56. The molecule has 0 bridgehead atoms. The summed E-state index contributed by atoms with van der Waals surface area (Å²) in [5.41, 5.74) is 10.7. The maximum atomic E-state index is 12.2. The number of benzene rings is 1. The normalized spacial score (nSPS) is 12.0. The highest BCUT2D eigenvalue weighted by Crippen LogP contribution is 2.24. The molecule has 8 nitrogen and oxygen atoms in total. The summed E-state index contributed by atoms with van der Waals surface area (Å²) >= 11 is 0. The molecule has 0 saturated heterocycles. The van der Waals surface area contributed by atoms with Gasteiger partial charge in [-0.1, -0.05) is 18.2 Å². The first-order valence-electron chi connectivity index (χ1n) is 9.89. The Morgan fingerprint density at radius 2 is 1.71 bits per heavy atom. The number of nitrogens with zero attached hydrogens (tertiary/aromatic N) is 4. The summed E-state index contributed by atoms with van der Waals surface area (Å²) in [6.07, 6.45) is 3.22. The van der Waals surface area contributed by atoms with Crippen molar-refractivity contribution in [2.45, 2.75) is 24.3 Å². The lowest BCUT2D eigenvalue weighted by Crippen LogP contribution is -2.22. The van der Waals surface area contributed by atoms with Crippen molar-refractivity contribution in [3.8, 4) is 11.1 Å². The van der Waals surface area contributed by atoms with Gasteiger partial charge in [-0.2, -0.15) is 0 Å². The minimum absolute atomic E-state index is 0.254. The fourth-order valence-electron chi connectivity index (χ4n) is 3.28. The van der Waals surface area contributed by atoms with Gasteiger partial charge in [-0.15, -0.1) is 0 Å². The minimum Gasteiger partial charge on any atom is -0.327 e. The quantitative estimate of drug-likeness (QED) is 0.460. The van der Waals surface area contributed by atoms with E-state index in [0.717, 1.165) is 40.3 Å². The highest BCUT2D eigenvalue weighted by Gasteiger charge is 2.17. The summed E-state index contributed by atoms with van der Waals surface area (Å²) < 4.78 is 25.7. The van der Waals surface area contributed by atoms with Crippen LogP contribution in [0.15, 0.2) is 59.6 Å². The predicted octanol–water partition coefficient (Wildman–Crippen LogP) is 2.51. The monoisotopic (exact) mass is 436 g/mol. The maximum absolute atomic E-state index is 12.2. The van der Waals surface area contributed by atoms with Gasteiger partial charge in [0, 0.05) is 44.5 Å². The van der Waals surface area contributed by atoms with Gasteiger partial charge in [0.2, 0.25) is 10.0 Å². The van der Waals surface area contributed by atoms with Gasteiger partial charge < -0.3 is 10.7 Å². The van der Waals surface area contributed by atoms with Crippen LogP contribution in [0, 0.1) is 0 Å². The Morgan fingerprint density at radius 3 is 2.42 bits per heavy atom. The van der Waals surface area contributed by atoms with E-state index in [1.165, 1.54) is 18.4 Å². The Bertz CT molecular complexity index is 1310. The van der Waals surface area contributed by atoms with Crippen molar-refractivity contribution in [1.82, 2.24) is 24.2 Å². The number of pyridine rings is 2. The zero-order valence-electron chi connectivity index (χ0n) is 17.4. The zero-order valence-corrected chi connectivity index (χ0v) is 18.2. The second-order valence-electron chi connectivity index (χ2n) is 7.41. The van der Waals surface area contributed by atoms with Crippen LogP contribution in [0.4, 0.5) is 0 Å². The molecule has 0 unspecified atom stereocenters. The summed E-state index contributed by atoms with van der Waals surface area (Å²) in [6.45, 7) is 0.424. The molecule has 0 saturated carbocycles. The molecular formula is C22H24N6O2S. The van der Waals surface area contributed by atoms with E-state index in [0.29, 0.717) is 18.6 Å². The first kappa shape index (κ1) is 21.1. The van der Waals surface area contributed by atoms with Crippen LogP contribution in [0.1, 0.15) is 17.2 Å². The summed E-state index contributed by atoms with van der Waals surface area (Å²) in [5.74, 6) is 0.840. The number of aromatic amines is 1. The first-order valence-corrected chi connectivity index (χ1v) is 11.3. The molecule has 3 aromatic heterocycles. The Hall–Kier alpha value is -3.14. The molecule has 3 heterocycles. The van der Waals surface area contributed by atoms with E-state index in [9.17, 15) is 8.42 Å². The Balaban J connectivity index is 1.53. The van der Waals surface area contributed by atoms with E-state index >= 15 is 0 Å². The third-order valence-electron chi connectivity index (χ3n) is 5.04. The van der Waals surface area contributed by atoms with Crippen LogP contribution < -0.4 is 5.73 Å². The standard InChI is InChI=1S/C22H24N6O2S/c1-28(2)31(29,30)19-9-6-15(7-10-19)16-12-20-22(24-14-16)27-21(26-20)11-8-17-4-3-5-18(13-23)25-17/h3-7,9-10,12,14H,8,11,13,23H2,1-2H3,(H,24,26,27). The molecule has 0 spiro atoms. The number of nitrogens with one attached hydrogen (secondary N) is 1. The number of aryl methyl sites for hydroxylation is 2. The zero-order chi connectivity index (χ0) is 22.0. The van der Waals surface area contributed by atoms with Crippen LogP contribution >= 0.6 is 0 Å². The molecule has 3 N–H and O–H groups in total. The maximum Gasteiger partial charge on any atom is 0.242 e. The molecular weight excluding hydrogens is 412 g/mol. The third kappa shape index (κ3) is 4.48. The lowest BCUT2D eigenvalue weighted by atomic mass is 10.1. The molecule has 0 aliphatic rings. The molecule has 0 aliphatic carbocycles. The summed E-state index contributed by atoms with van der Waals surface area (Å²) in [5, 5.41) is 0. The van der Waals surface area contributed by atoms with Crippen LogP contribution in [0.3, 0.4) is 0 Å². The molecule has 0 amide bonds. The van der Waals surface area contributed by atoms with E-state index < -0.39 is 10.0 Å². The largest absolute Gasteiger partial charge is 0.327 e. The van der Waals surface area contributed by atoms with Gasteiger partial charge >= 0.3 is 0 Å². The van der Waals surface area contributed by atoms with E-state index in [1.54, 1.807) is 30.5 Å². The molecule has 0 aliphatic heterocycles. The van der Waals surface area contributed by atoms with E-state index in [1.807, 2.05) is 24.3 Å². The Morgan fingerprint density at radius 1 is 0.968 bits per heavy atom. The van der Waals surface area contributed by atoms with E-state index in [2.05, 4.69) is 19.9 Å². The summed E-state index contributed by atoms with van der Waals surface area (Å²) in [6, 6.07) is 14.6. The molecule has 160 valence electrons. The summed E-state index contributed by atoms with van der Waals surface area (Å²) in [7, 11) is -0.422. The van der Waals surface area contributed by atoms with Crippen LogP contribution in [0.2, 0.25) is 0 Å². The van der Waals surface area contributed by atoms with Gasteiger partial charge in [-0.3, -0.25) is 4.98 Å². The number of rotatable bonds is 7. The van der Waals surface area contributed by atoms with Gasteiger partial charge in [0.05, 0.1) is 10.6 Å². The molecule has 31 heavy (non-hydrogen) atoms. The van der Waals surface area contributed by atoms with Gasteiger partial charge in [0.15, 0.2) is 5.65 Å². The average Bonchev–Trinajstić information content (AvgIpc) is 3.20. The van der Waals surface area contributed by atoms with Crippen molar-refractivity contribution in [2.24, 2.45) is 5.73 Å². The second kappa shape index (κ2) is 8.54. The van der Waals surface area contributed by atoms with E-state index in [-0.39, 0.29) is 4.90 Å². The van der Waals surface area contributed by atoms with Gasteiger partial charge in [0.25, 0.3) is 0 Å². The number of sulfonamides is 1. The fraction of sp³-hybridized carbons (Fsp3) is 0.227. The lowest BCUT2D eigenvalue weighted by molar-refractivity contribution is 0.521. The highest BCUT2D eigenvalue weighted by atomic mass is 32.2. The minimum atomic E-state index is -3.45. The Labute approximate surface area is 181 Å². The van der Waals surface area contributed by atoms with Crippen LogP contribution in [0.25, 0.3) is 22.3 Å². The third-order valence-corrected chi connectivity index (χ3v) is 6.87.